The molecule has 0 aromatic heterocycles. The molecule has 5 N–H and O–H groups in total. The summed E-state index contributed by atoms with van der Waals surface area (Å²) in [7, 11) is 0. The van der Waals surface area contributed by atoms with Crippen molar-refractivity contribution in [3.63, 3.8) is 0 Å². The van der Waals surface area contributed by atoms with Crippen molar-refractivity contribution in [2.45, 2.75) is 63.4 Å². The van der Waals surface area contributed by atoms with E-state index in [1.807, 2.05) is 31.4 Å². The monoisotopic (exact) mass is 435 g/mol. The summed E-state index contributed by atoms with van der Waals surface area (Å²) in [4.78, 5) is 24.4. The molecule has 7 nitrogen and oxygen atoms in total. The smallest absolute Gasteiger partial charge is 0.327 e. The Labute approximate surface area is 181 Å². The molecular weight excluding hydrogens is 404 g/mol. The highest BCUT2D eigenvalue weighted by Gasteiger charge is 2.60. The molecule has 0 radical (unpaired) electrons. The van der Waals surface area contributed by atoms with Gasteiger partial charge in [0.25, 0.3) is 0 Å². The predicted octanol–water partition coefficient (Wildman–Crippen LogP) is 0.380. The van der Waals surface area contributed by atoms with E-state index in [0.717, 1.165) is 15.4 Å². The molecule has 1 aliphatic carbocycles. The number of carboxylic acids is 1. The number of aliphatic hydroxyl groups is 2. The molecule has 0 spiro atoms. The quantitative estimate of drug-likeness (QED) is 0.353. The van der Waals surface area contributed by atoms with Gasteiger partial charge in [0.2, 0.25) is 5.91 Å². The summed E-state index contributed by atoms with van der Waals surface area (Å²) in [5.41, 5.74) is -0.337. The van der Waals surface area contributed by atoms with Gasteiger partial charge in [0, 0.05) is 17.6 Å². The van der Waals surface area contributed by atoms with E-state index in [1.54, 1.807) is 6.92 Å². The molecule has 6 unspecified atom stereocenters. The van der Waals surface area contributed by atoms with Gasteiger partial charge in [-0.05, 0) is 56.4 Å². The highest BCUT2D eigenvalue weighted by Crippen LogP contribution is 2.35. The van der Waals surface area contributed by atoms with Gasteiger partial charge in [-0.15, -0.1) is 11.8 Å². The van der Waals surface area contributed by atoms with Crippen molar-refractivity contribution in [2.24, 2.45) is 5.92 Å². The summed E-state index contributed by atoms with van der Waals surface area (Å²) in [6.45, 7) is 4.91. The van der Waals surface area contributed by atoms with Crippen LogP contribution in [0, 0.1) is 5.92 Å². The number of quaternary nitrogens is 1. The number of carbonyl (C=O) groups is 2. The highest BCUT2D eigenvalue weighted by atomic mass is 32.2. The van der Waals surface area contributed by atoms with E-state index in [9.17, 15) is 24.9 Å². The normalized spacial score (nSPS) is 34.6. The van der Waals surface area contributed by atoms with Gasteiger partial charge >= 0.3 is 5.97 Å². The van der Waals surface area contributed by atoms with Crippen molar-refractivity contribution in [1.82, 2.24) is 5.32 Å². The van der Waals surface area contributed by atoms with Gasteiger partial charge in [-0.2, -0.15) is 0 Å². The molecule has 2 heterocycles. The molecule has 3 rings (SSSR count). The van der Waals surface area contributed by atoms with Gasteiger partial charge in [0.15, 0.2) is 11.6 Å². The van der Waals surface area contributed by atoms with Crippen LogP contribution in [-0.4, -0.2) is 62.8 Å². The Morgan fingerprint density at radius 3 is 2.70 bits per heavy atom. The highest BCUT2D eigenvalue weighted by molar-refractivity contribution is 8.03. The fourth-order valence-corrected chi connectivity index (χ4v) is 5.39. The Hall–Kier alpha value is -1.87. The lowest BCUT2D eigenvalue weighted by Crippen LogP contribution is -3.14. The zero-order chi connectivity index (χ0) is 22.1. The maximum Gasteiger partial charge on any atom is 0.327 e. The molecule has 3 aliphatic rings. The van der Waals surface area contributed by atoms with Crippen LogP contribution >= 0.6 is 11.8 Å². The maximum atomic E-state index is 11.4. The van der Waals surface area contributed by atoms with Crippen LogP contribution in [0.15, 0.2) is 47.1 Å². The van der Waals surface area contributed by atoms with E-state index in [1.165, 1.54) is 31.5 Å². The minimum absolute atomic E-state index is 0.133. The van der Waals surface area contributed by atoms with Gasteiger partial charge in [0.05, 0.1) is 6.20 Å². The number of aliphatic carboxylic acids is 1. The molecule has 0 aromatic carbocycles. The Balaban J connectivity index is 1.77. The Morgan fingerprint density at radius 1 is 1.40 bits per heavy atom. The molecule has 2 aliphatic heterocycles. The van der Waals surface area contributed by atoms with E-state index in [-0.39, 0.29) is 11.8 Å². The molecule has 164 valence electrons. The number of rotatable bonds is 8. The number of nitrogens with one attached hydrogen (secondary N) is 2. The standard InChI is InChI=1S/C22H30N2O5S/c1-13(6-7-15-8-9-15)11-17-20(26)22(3,29)19-18(5-4-10-24(17)19)30-12-16(21(27)28)23-14(2)25/h4-7,10-11,15-17,19-20,26,29H,8-9,12H2,1-3H3,(H,23,25)(H,27,28)/p+1. The second-order valence-electron chi connectivity index (χ2n) is 8.57. The molecule has 6 atom stereocenters. The van der Waals surface area contributed by atoms with E-state index < -0.39 is 35.7 Å². The van der Waals surface area contributed by atoms with Crippen molar-refractivity contribution in [1.29, 1.82) is 0 Å². The van der Waals surface area contributed by atoms with Crippen LogP contribution in [0.4, 0.5) is 0 Å². The van der Waals surface area contributed by atoms with Crippen LogP contribution in [-0.2, 0) is 9.59 Å². The first-order valence-electron chi connectivity index (χ1n) is 10.3. The largest absolute Gasteiger partial charge is 0.480 e. The molecule has 2 fully saturated rings. The SMILES string of the molecule is CC(=O)NC(CSC1=CC=C[NH+]2C(C=C(C)C=CC3CC3)C(O)C(C)(O)C12)C(=O)O. The zero-order valence-corrected chi connectivity index (χ0v) is 18.4. The number of allylic oxidation sites excluding steroid dienone is 5. The van der Waals surface area contributed by atoms with Crippen LogP contribution in [0.2, 0.25) is 0 Å². The summed E-state index contributed by atoms with van der Waals surface area (Å²) < 4.78 is 0. The molecule has 8 heteroatoms. The molecule has 0 aromatic rings. The number of hydrogen-bond acceptors (Lipinski definition) is 5. The number of aliphatic hydroxyl groups excluding tert-OH is 1. The number of carbonyl (C=O) groups excluding carboxylic acids is 1. The van der Waals surface area contributed by atoms with Gasteiger partial charge in [0.1, 0.15) is 18.2 Å². The second-order valence-corrected chi connectivity index (χ2v) is 9.66. The minimum Gasteiger partial charge on any atom is -0.480 e. The molecule has 1 amide bonds. The zero-order valence-electron chi connectivity index (χ0n) is 17.5. The third-order valence-corrected chi connectivity index (χ3v) is 7.07. The average molecular weight is 436 g/mol. The van der Waals surface area contributed by atoms with Crippen LogP contribution in [0.1, 0.15) is 33.6 Å². The second kappa shape index (κ2) is 9.09. The van der Waals surface area contributed by atoms with Gasteiger partial charge in [-0.1, -0.05) is 12.2 Å². The lowest BCUT2D eigenvalue weighted by atomic mass is 9.91. The fraction of sp³-hybridized carbons (Fsp3) is 0.545. The van der Waals surface area contributed by atoms with Gasteiger partial charge in [-0.3, -0.25) is 9.69 Å². The van der Waals surface area contributed by atoms with Crippen LogP contribution in [0.5, 0.6) is 0 Å². The van der Waals surface area contributed by atoms with Crippen LogP contribution in [0.3, 0.4) is 0 Å². The van der Waals surface area contributed by atoms with Gasteiger partial charge < -0.3 is 20.6 Å². The fourth-order valence-electron chi connectivity index (χ4n) is 4.09. The minimum atomic E-state index is -1.38. The predicted molar refractivity (Wildman–Crippen MR) is 116 cm³/mol. The average Bonchev–Trinajstić information content (AvgIpc) is 3.48. The lowest BCUT2D eigenvalue weighted by Gasteiger charge is -2.31. The molecule has 0 bridgehead atoms. The number of fused-ring (bicyclic) bond motifs is 1. The first kappa shape index (κ1) is 22.8. The van der Waals surface area contributed by atoms with Crippen LogP contribution in [0.25, 0.3) is 0 Å². The van der Waals surface area contributed by atoms with E-state index in [4.69, 9.17) is 0 Å². The van der Waals surface area contributed by atoms with Crippen molar-refractivity contribution in [3.05, 3.63) is 47.1 Å². The maximum absolute atomic E-state index is 11.4. The van der Waals surface area contributed by atoms with Crippen molar-refractivity contribution < 1.29 is 29.8 Å². The van der Waals surface area contributed by atoms with E-state index in [0.29, 0.717) is 5.92 Å². The van der Waals surface area contributed by atoms with Crippen molar-refractivity contribution >= 4 is 23.6 Å². The first-order valence-corrected chi connectivity index (χ1v) is 11.2. The number of thioether (sulfide) groups is 1. The van der Waals surface area contributed by atoms with Gasteiger partial charge in [-0.25, -0.2) is 4.79 Å². The summed E-state index contributed by atoms with van der Waals surface area (Å²) in [5, 5.41) is 33.9. The third-order valence-electron chi connectivity index (χ3n) is 5.86. The molecule has 1 saturated carbocycles. The number of hydrogen-bond donors (Lipinski definition) is 5. The lowest BCUT2D eigenvalue weighted by molar-refractivity contribution is -0.877. The Bertz CT molecular complexity index is 812. The summed E-state index contributed by atoms with van der Waals surface area (Å²) in [5.74, 6) is -0.715. The van der Waals surface area contributed by atoms with E-state index >= 15 is 0 Å². The third kappa shape index (κ3) is 5.06. The number of amides is 1. The van der Waals surface area contributed by atoms with E-state index in [2.05, 4.69) is 17.5 Å². The van der Waals surface area contributed by atoms with Crippen LogP contribution < -0.4 is 10.2 Å². The molecule has 1 saturated heterocycles. The number of carboxylic acid groups (broad SMARTS) is 1. The summed E-state index contributed by atoms with van der Waals surface area (Å²) in [6.07, 6.45) is 13.4. The Morgan fingerprint density at radius 2 is 2.10 bits per heavy atom. The molecule has 30 heavy (non-hydrogen) atoms. The topological polar surface area (TPSA) is 111 Å². The summed E-state index contributed by atoms with van der Waals surface area (Å²) in [6, 6.07) is -1.76. The first-order chi connectivity index (χ1) is 14.1. The van der Waals surface area contributed by atoms with Crippen molar-refractivity contribution in [3.8, 4) is 0 Å². The Kier molecular flexibility index (Phi) is 6.91. The summed E-state index contributed by atoms with van der Waals surface area (Å²) >= 11 is 1.29. The van der Waals surface area contributed by atoms with Crippen molar-refractivity contribution in [2.75, 3.05) is 5.75 Å². The molecular formula is C22H31N2O5S+.